The lowest BCUT2D eigenvalue weighted by Crippen LogP contribution is -2.37. The first-order valence-corrected chi connectivity index (χ1v) is 7.36. The van der Waals surface area contributed by atoms with E-state index in [0.29, 0.717) is 0 Å². The Hall–Kier alpha value is -2.11. The molecule has 21 heavy (non-hydrogen) atoms. The van der Waals surface area contributed by atoms with Crippen LogP contribution in [0.1, 0.15) is 49.4 Å². The number of rotatable bonds is 4. The molecule has 0 bridgehead atoms. The van der Waals surface area contributed by atoms with Crippen molar-refractivity contribution in [1.82, 2.24) is 5.32 Å². The SMILES string of the molecule is CCC1CCC(NC(=O)c2cc([N+](=O)[O-])ccc2N)CC1. The predicted molar refractivity (Wildman–Crippen MR) is 81.0 cm³/mol. The first kappa shape index (κ1) is 15.3. The number of nitro groups is 1. The fraction of sp³-hybridized carbons (Fsp3) is 0.533. The zero-order valence-corrected chi connectivity index (χ0v) is 12.2. The van der Waals surface area contributed by atoms with Gasteiger partial charge < -0.3 is 11.1 Å². The third kappa shape index (κ3) is 3.71. The van der Waals surface area contributed by atoms with Crippen LogP contribution in [0.25, 0.3) is 0 Å². The second-order valence-corrected chi connectivity index (χ2v) is 5.63. The summed E-state index contributed by atoms with van der Waals surface area (Å²) in [5.41, 5.74) is 6.08. The van der Waals surface area contributed by atoms with Gasteiger partial charge in [0.1, 0.15) is 0 Å². The second-order valence-electron chi connectivity index (χ2n) is 5.63. The number of carbonyl (C=O) groups is 1. The maximum atomic E-state index is 12.2. The highest BCUT2D eigenvalue weighted by molar-refractivity contribution is 5.99. The Morgan fingerprint density at radius 2 is 2.05 bits per heavy atom. The van der Waals surface area contributed by atoms with Crippen molar-refractivity contribution in [3.05, 3.63) is 33.9 Å². The van der Waals surface area contributed by atoms with Crippen molar-refractivity contribution in [2.75, 3.05) is 5.73 Å². The number of non-ortho nitro benzene ring substituents is 1. The molecule has 114 valence electrons. The molecule has 0 atom stereocenters. The zero-order chi connectivity index (χ0) is 15.4. The standard InChI is InChI=1S/C15H21N3O3/c1-2-10-3-5-11(6-4-10)17-15(19)13-9-12(18(20)21)7-8-14(13)16/h7-11H,2-6,16H2,1H3,(H,17,19). The summed E-state index contributed by atoms with van der Waals surface area (Å²) < 4.78 is 0. The highest BCUT2D eigenvalue weighted by atomic mass is 16.6. The molecular formula is C15H21N3O3. The Kier molecular flexibility index (Phi) is 4.77. The molecule has 0 radical (unpaired) electrons. The van der Waals surface area contributed by atoms with Crippen LogP contribution < -0.4 is 11.1 Å². The van der Waals surface area contributed by atoms with Gasteiger partial charge in [-0.05, 0) is 37.7 Å². The monoisotopic (exact) mass is 291 g/mol. The van der Waals surface area contributed by atoms with Crippen molar-refractivity contribution in [2.45, 2.75) is 45.1 Å². The smallest absolute Gasteiger partial charge is 0.270 e. The van der Waals surface area contributed by atoms with Gasteiger partial charge in [-0.2, -0.15) is 0 Å². The summed E-state index contributed by atoms with van der Waals surface area (Å²) in [5, 5.41) is 13.7. The molecule has 2 rings (SSSR count). The lowest BCUT2D eigenvalue weighted by atomic mass is 9.84. The molecule has 1 saturated carbocycles. The number of carbonyl (C=O) groups excluding carboxylic acids is 1. The largest absolute Gasteiger partial charge is 0.398 e. The van der Waals surface area contributed by atoms with Crippen LogP contribution in [-0.2, 0) is 0 Å². The van der Waals surface area contributed by atoms with E-state index in [2.05, 4.69) is 12.2 Å². The fourth-order valence-electron chi connectivity index (χ4n) is 2.83. The molecule has 1 fully saturated rings. The molecule has 0 saturated heterocycles. The molecule has 6 heteroatoms. The van der Waals surface area contributed by atoms with E-state index in [0.717, 1.165) is 31.6 Å². The molecule has 3 N–H and O–H groups in total. The van der Waals surface area contributed by atoms with Gasteiger partial charge in [-0.15, -0.1) is 0 Å². The Labute approximate surface area is 123 Å². The maximum Gasteiger partial charge on any atom is 0.270 e. The Morgan fingerprint density at radius 1 is 1.38 bits per heavy atom. The van der Waals surface area contributed by atoms with E-state index < -0.39 is 4.92 Å². The molecule has 1 aliphatic rings. The van der Waals surface area contributed by atoms with Crippen LogP contribution in [0.15, 0.2) is 18.2 Å². The summed E-state index contributed by atoms with van der Waals surface area (Å²) in [6.07, 6.45) is 5.33. The van der Waals surface area contributed by atoms with Crippen LogP contribution in [0.5, 0.6) is 0 Å². The van der Waals surface area contributed by atoms with Gasteiger partial charge in [-0.25, -0.2) is 0 Å². The minimum Gasteiger partial charge on any atom is -0.398 e. The summed E-state index contributed by atoms with van der Waals surface area (Å²) in [5.74, 6) is 0.428. The molecule has 1 aromatic carbocycles. The zero-order valence-electron chi connectivity index (χ0n) is 12.2. The number of hydrogen-bond donors (Lipinski definition) is 2. The predicted octanol–water partition coefficient (Wildman–Crippen LogP) is 2.88. The van der Waals surface area contributed by atoms with E-state index in [1.807, 2.05) is 0 Å². The highest BCUT2D eigenvalue weighted by Crippen LogP contribution is 2.27. The summed E-state index contributed by atoms with van der Waals surface area (Å²) in [6.45, 7) is 2.19. The summed E-state index contributed by atoms with van der Waals surface area (Å²) in [4.78, 5) is 22.5. The van der Waals surface area contributed by atoms with Gasteiger partial charge in [-0.3, -0.25) is 14.9 Å². The van der Waals surface area contributed by atoms with Crippen molar-refractivity contribution in [3.8, 4) is 0 Å². The number of anilines is 1. The van der Waals surface area contributed by atoms with Gasteiger partial charge in [-0.1, -0.05) is 13.3 Å². The topological polar surface area (TPSA) is 98.3 Å². The van der Waals surface area contributed by atoms with E-state index in [1.54, 1.807) is 0 Å². The highest BCUT2D eigenvalue weighted by Gasteiger charge is 2.23. The molecule has 0 aliphatic heterocycles. The number of nitrogen functional groups attached to an aromatic ring is 1. The molecule has 1 aromatic rings. The number of nitrogens with zero attached hydrogens (tertiary/aromatic N) is 1. The van der Waals surface area contributed by atoms with Gasteiger partial charge in [0.25, 0.3) is 11.6 Å². The third-order valence-corrected chi connectivity index (χ3v) is 4.25. The number of nitro benzene ring substituents is 1. The number of hydrogen-bond acceptors (Lipinski definition) is 4. The van der Waals surface area contributed by atoms with Crippen LogP contribution in [0.3, 0.4) is 0 Å². The fourth-order valence-corrected chi connectivity index (χ4v) is 2.83. The minimum atomic E-state index is -0.525. The number of amides is 1. The second kappa shape index (κ2) is 6.56. The number of benzene rings is 1. The molecule has 1 aliphatic carbocycles. The Balaban J connectivity index is 2.03. The van der Waals surface area contributed by atoms with E-state index in [-0.39, 0.29) is 28.9 Å². The van der Waals surface area contributed by atoms with Crippen LogP contribution >= 0.6 is 0 Å². The van der Waals surface area contributed by atoms with E-state index in [9.17, 15) is 14.9 Å². The quantitative estimate of drug-likeness (QED) is 0.506. The molecule has 0 heterocycles. The van der Waals surface area contributed by atoms with Gasteiger partial charge in [0.05, 0.1) is 10.5 Å². The van der Waals surface area contributed by atoms with Crippen molar-refractivity contribution >= 4 is 17.3 Å². The van der Waals surface area contributed by atoms with E-state index in [1.165, 1.54) is 24.6 Å². The van der Waals surface area contributed by atoms with Crippen LogP contribution in [0.4, 0.5) is 11.4 Å². The van der Waals surface area contributed by atoms with Crippen LogP contribution in [0, 0.1) is 16.0 Å². The first-order valence-electron chi connectivity index (χ1n) is 7.36. The Bertz CT molecular complexity index is 537. The van der Waals surface area contributed by atoms with Gasteiger partial charge >= 0.3 is 0 Å². The lowest BCUT2D eigenvalue weighted by molar-refractivity contribution is -0.384. The Morgan fingerprint density at radius 3 is 2.62 bits per heavy atom. The van der Waals surface area contributed by atoms with Gasteiger partial charge in [0.15, 0.2) is 0 Å². The maximum absolute atomic E-state index is 12.2. The van der Waals surface area contributed by atoms with Crippen molar-refractivity contribution in [1.29, 1.82) is 0 Å². The molecule has 0 spiro atoms. The average Bonchev–Trinajstić information content (AvgIpc) is 2.48. The first-order chi connectivity index (χ1) is 10.0. The van der Waals surface area contributed by atoms with E-state index in [4.69, 9.17) is 5.73 Å². The normalized spacial score (nSPS) is 21.8. The third-order valence-electron chi connectivity index (χ3n) is 4.25. The number of nitrogens with two attached hydrogens (primary N) is 1. The minimum absolute atomic E-state index is 0.121. The van der Waals surface area contributed by atoms with Gasteiger partial charge in [0, 0.05) is 23.9 Å². The van der Waals surface area contributed by atoms with Crippen LogP contribution in [-0.4, -0.2) is 16.9 Å². The number of nitrogens with one attached hydrogen (secondary N) is 1. The van der Waals surface area contributed by atoms with Crippen molar-refractivity contribution in [3.63, 3.8) is 0 Å². The van der Waals surface area contributed by atoms with E-state index >= 15 is 0 Å². The van der Waals surface area contributed by atoms with Gasteiger partial charge in [0.2, 0.25) is 0 Å². The molecule has 0 aromatic heterocycles. The molecule has 0 unspecified atom stereocenters. The molecule has 1 amide bonds. The molecule has 6 nitrogen and oxygen atoms in total. The van der Waals surface area contributed by atoms with Crippen LogP contribution in [0.2, 0.25) is 0 Å². The van der Waals surface area contributed by atoms with Crippen molar-refractivity contribution in [2.24, 2.45) is 5.92 Å². The lowest BCUT2D eigenvalue weighted by Gasteiger charge is -2.28. The summed E-state index contributed by atoms with van der Waals surface area (Å²) in [6, 6.07) is 4.08. The average molecular weight is 291 g/mol. The summed E-state index contributed by atoms with van der Waals surface area (Å²) in [7, 11) is 0. The van der Waals surface area contributed by atoms with Crippen molar-refractivity contribution < 1.29 is 9.72 Å². The summed E-state index contributed by atoms with van der Waals surface area (Å²) >= 11 is 0. The molecular weight excluding hydrogens is 270 g/mol.